The zero-order valence-corrected chi connectivity index (χ0v) is 21.6. The van der Waals surface area contributed by atoms with Gasteiger partial charge in [-0.3, -0.25) is 0 Å². The lowest BCUT2D eigenvalue weighted by atomic mass is 9.96. The number of carboxylic acid groups (broad SMARTS) is 1. The number of hydrogen-bond donors (Lipinski definition) is 1. The first-order chi connectivity index (χ1) is 14.7. The van der Waals surface area contributed by atoms with Crippen molar-refractivity contribution in [3.63, 3.8) is 0 Å². The number of aliphatic carboxylic acids is 1. The molecule has 0 spiro atoms. The zero-order valence-electron chi connectivity index (χ0n) is 21.6. The molecule has 0 aliphatic carbocycles. The van der Waals surface area contributed by atoms with Crippen molar-refractivity contribution in [2.75, 3.05) is 27.2 Å². The van der Waals surface area contributed by atoms with Crippen LogP contribution in [0.25, 0.3) is 0 Å². The van der Waals surface area contributed by atoms with Crippen molar-refractivity contribution >= 4 is 5.97 Å². The molecule has 0 fully saturated rings. The van der Waals surface area contributed by atoms with Crippen molar-refractivity contribution < 1.29 is 19.5 Å². The van der Waals surface area contributed by atoms with Gasteiger partial charge < -0.3 is 19.5 Å². The molecule has 186 valence electrons. The van der Waals surface area contributed by atoms with Gasteiger partial charge in [-0.1, -0.05) is 96.8 Å². The van der Waals surface area contributed by atoms with Crippen LogP contribution in [-0.4, -0.2) is 48.3 Å². The van der Waals surface area contributed by atoms with E-state index in [1.54, 1.807) is 0 Å². The molecule has 0 amide bonds. The summed E-state index contributed by atoms with van der Waals surface area (Å²) in [6, 6.07) is 0. The fourth-order valence-corrected chi connectivity index (χ4v) is 4.77. The number of aliphatic hydroxyl groups is 1. The summed E-state index contributed by atoms with van der Waals surface area (Å²) in [7, 11) is 4.43. The van der Waals surface area contributed by atoms with E-state index in [9.17, 15) is 15.0 Å². The van der Waals surface area contributed by atoms with Crippen LogP contribution in [0, 0.1) is 0 Å². The zero-order chi connectivity index (χ0) is 23.4. The Hall–Kier alpha value is -0.610. The molecule has 0 rings (SSSR count). The van der Waals surface area contributed by atoms with E-state index in [0.29, 0.717) is 0 Å². The lowest BCUT2D eigenvalue weighted by Crippen LogP contribution is -2.50. The van der Waals surface area contributed by atoms with E-state index in [2.05, 4.69) is 21.0 Å². The largest absolute Gasteiger partial charge is 0.550 e. The average Bonchev–Trinajstić information content (AvgIpc) is 2.67. The van der Waals surface area contributed by atoms with Crippen LogP contribution < -0.4 is 5.11 Å². The van der Waals surface area contributed by atoms with Crippen LogP contribution in [-0.2, 0) is 4.79 Å². The van der Waals surface area contributed by atoms with E-state index >= 15 is 0 Å². The first-order valence-corrected chi connectivity index (χ1v) is 13.4. The maximum atomic E-state index is 10.9. The van der Waals surface area contributed by atoms with Crippen LogP contribution in [0.1, 0.15) is 136 Å². The second-order valence-corrected chi connectivity index (χ2v) is 10.8. The third-order valence-electron chi connectivity index (χ3n) is 6.48. The molecule has 0 bridgehead atoms. The van der Waals surface area contributed by atoms with Gasteiger partial charge in [0.15, 0.2) is 0 Å². The molecular formula is C27H55NO3. The van der Waals surface area contributed by atoms with E-state index in [0.717, 1.165) is 62.5 Å². The average molecular weight is 442 g/mol. The van der Waals surface area contributed by atoms with Gasteiger partial charge in [0.2, 0.25) is 0 Å². The highest BCUT2D eigenvalue weighted by atomic mass is 16.4. The maximum Gasteiger partial charge on any atom is 0.111 e. The Morgan fingerprint density at radius 1 is 0.742 bits per heavy atom. The summed E-state index contributed by atoms with van der Waals surface area (Å²) >= 11 is 0. The Morgan fingerprint density at radius 3 is 1.65 bits per heavy atom. The second kappa shape index (κ2) is 18.9. The lowest BCUT2D eigenvalue weighted by Gasteiger charge is -2.36. The van der Waals surface area contributed by atoms with E-state index in [-0.39, 0.29) is 6.42 Å². The number of hydrogen-bond acceptors (Lipinski definition) is 3. The van der Waals surface area contributed by atoms with Gasteiger partial charge in [-0.2, -0.15) is 0 Å². The van der Waals surface area contributed by atoms with Gasteiger partial charge in [0.25, 0.3) is 0 Å². The smallest absolute Gasteiger partial charge is 0.111 e. The highest BCUT2D eigenvalue weighted by molar-refractivity contribution is 5.63. The second-order valence-electron chi connectivity index (χ2n) is 10.8. The molecule has 0 aliphatic heterocycles. The molecule has 31 heavy (non-hydrogen) atoms. The first kappa shape index (κ1) is 30.4. The number of carboxylic acids is 1. The van der Waals surface area contributed by atoms with Crippen molar-refractivity contribution in [3.8, 4) is 0 Å². The number of carbonyl (C=O) groups excluding carboxylic acids is 1. The minimum atomic E-state index is -0.937. The SMILES string of the molecule is CCCCCCCCCCCCCCC(C)(O)C[N+](C)(C)CCCCCCCC(=O)[O-]. The number of unbranched alkanes of at least 4 members (excludes halogenated alkanes) is 15. The molecule has 1 atom stereocenters. The van der Waals surface area contributed by atoms with Crippen LogP contribution in [0.5, 0.6) is 0 Å². The van der Waals surface area contributed by atoms with E-state index < -0.39 is 11.6 Å². The first-order valence-electron chi connectivity index (χ1n) is 13.4. The Morgan fingerprint density at radius 2 is 1.16 bits per heavy atom. The fourth-order valence-electron chi connectivity index (χ4n) is 4.77. The highest BCUT2D eigenvalue weighted by Crippen LogP contribution is 2.20. The van der Waals surface area contributed by atoms with Gasteiger partial charge in [-0.25, -0.2) is 0 Å². The number of rotatable bonds is 23. The molecule has 0 saturated heterocycles. The van der Waals surface area contributed by atoms with Crippen LogP contribution in [0.3, 0.4) is 0 Å². The molecule has 0 saturated carbocycles. The molecule has 1 unspecified atom stereocenters. The summed E-state index contributed by atoms with van der Waals surface area (Å²) in [5.41, 5.74) is -0.587. The summed E-state index contributed by atoms with van der Waals surface area (Å²) in [5, 5.41) is 21.3. The third-order valence-corrected chi connectivity index (χ3v) is 6.48. The van der Waals surface area contributed by atoms with Gasteiger partial charge in [0.05, 0.1) is 20.6 Å². The minimum absolute atomic E-state index is 0.184. The fraction of sp³-hybridized carbons (Fsp3) is 0.963. The maximum absolute atomic E-state index is 10.9. The molecule has 4 heteroatoms. The van der Waals surface area contributed by atoms with Gasteiger partial charge in [0.1, 0.15) is 12.1 Å². The van der Waals surface area contributed by atoms with Crippen LogP contribution >= 0.6 is 0 Å². The molecule has 0 heterocycles. The predicted octanol–water partition coefficient (Wildman–Crippen LogP) is 6.00. The normalized spacial score (nSPS) is 14.0. The quantitative estimate of drug-likeness (QED) is 0.156. The van der Waals surface area contributed by atoms with Crippen LogP contribution in [0.4, 0.5) is 0 Å². The monoisotopic (exact) mass is 441 g/mol. The molecule has 0 aromatic rings. The van der Waals surface area contributed by atoms with Crippen LogP contribution in [0.15, 0.2) is 0 Å². The molecule has 1 N–H and O–H groups in total. The Balaban J connectivity index is 3.66. The lowest BCUT2D eigenvalue weighted by molar-refractivity contribution is -0.896. The van der Waals surface area contributed by atoms with E-state index in [1.807, 2.05) is 6.92 Å². The number of quaternary nitrogens is 1. The Bertz CT molecular complexity index is 421. The Kier molecular flexibility index (Phi) is 18.5. The summed E-state index contributed by atoms with van der Waals surface area (Å²) < 4.78 is 0.851. The van der Waals surface area contributed by atoms with Crippen LogP contribution in [0.2, 0.25) is 0 Å². The molecular weight excluding hydrogens is 386 g/mol. The standard InChI is InChI=1S/C27H55NO3/c1-5-6-7-8-9-10-11-12-13-14-17-20-23-27(2,31)25-28(3,4)24-21-18-15-16-19-22-26(29)30/h31H,5-25H2,1-4H3. The van der Waals surface area contributed by atoms with Gasteiger partial charge in [0, 0.05) is 5.97 Å². The molecule has 0 aromatic heterocycles. The third kappa shape index (κ3) is 22.4. The predicted molar refractivity (Wildman–Crippen MR) is 131 cm³/mol. The Labute approximate surface area is 194 Å². The van der Waals surface area contributed by atoms with Crippen molar-refractivity contribution in [1.29, 1.82) is 0 Å². The summed E-state index contributed by atoms with van der Waals surface area (Å²) in [6.07, 6.45) is 22.3. The minimum Gasteiger partial charge on any atom is -0.550 e. The van der Waals surface area contributed by atoms with Gasteiger partial charge in [-0.05, 0) is 39.0 Å². The molecule has 4 nitrogen and oxygen atoms in total. The van der Waals surface area contributed by atoms with Crippen molar-refractivity contribution in [3.05, 3.63) is 0 Å². The number of nitrogens with zero attached hydrogens (tertiary/aromatic N) is 1. The summed E-state index contributed by atoms with van der Waals surface area (Å²) in [4.78, 5) is 10.4. The summed E-state index contributed by atoms with van der Waals surface area (Å²) in [5.74, 6) is -0.937. The van der Waals surface area contributed by atoms with Crippen molar-refractivity contribution in [1.82, 2.24) is 0 Å². The van der Waals surface area contributed by atoms with E-state index in [1.165, 1.54) is 70.6 Å². The number of carbonyl (C=O) groups is 1. The van der Waals surface area contributed by atoms with Crippen molar-refractivity contribution in [2.24, 2.45) is 0 Å². The van der Waals surface area contributed by atoms with E-state index in [4.69, 9.17) is 0 Å². The number of likely N-dealkylation sites (N-methyl/N-ethyl adjacent to an activating group) is 1. The van der Waals surface area contributed by atoms with Gasteiger partial charge in [-0.15, -0.1) is 0 Å². The van der Waals surface area contributed by atoms with Gasteiger partial charge >= 0.3 is 0 Å². The highest BCUT2D eigenvalue weighted by Gasteiger charge is 2.29. The topological polar surface area (TPSA) is 60.4 Å². The summed E-state index contributed by atoms with van der Waals surface area (Å²) in [6.45, 7) is 6.14. The molecule has 0 radical (unpaired) electrons. The molecule has 0 aliphatic rings. The van der Waals surface area contributed by atoms with Crippen molar-refractivity contribution in [2.45, 2.75) is 141 Å². The molecule has 0 aromatic carbocycles.